The largest absolute Gasteiger partial charge is 0.382 e. The minimum absolute atomic E-state index is 0.197. The molecule has 29 heavy (non-hydrogen) atoms. The molecule has 4 aliphatic rings. The monoisotopic (exact) mass is 387 g/mol. The summed E-state index contributed by atoms with van der Waals surface area (Å²) in [5, 5.41) is 12.1. The molecule has 6 rings (SSSR count). The fourth-order valence-corrected chi connectivity index (χ4v) is 5.60. The van der Waals surface area contributed by atoms with Crippen molar-refractivity contribution >= 4 is 5.82 Å². The molecule has 0 amide bonds. The first-order valence-electron chi connectivity index (χ1n) is 10.9. The Labute approximate surface area is 173 Å². The summed E-state index contributed by atoms with van der Waals surface area (Å²) in [7, 11) is 0. The Bertz CT molecular complexity index is 907. The summed E-state index contributed by atoms with van der Waals surface area (Å²) in [6.45, 7) is 4.08. The van der Waals surface area contributed by atoms with E-state index < -0.39 is 5.60 Å². The third kappa shape index (κ3) is 3.13. The Morgan fingerprint density at radius 1 is 1.03 bits per heavy atom. The van der Waals surface area contributed by atoms with E-state index in [1.165, 1.54) is 18.4 Å². The van der Waals surface area contributed by atoms with Gasteiger partial charge < -0.3 is 10.0 Å². The maximum Gasteiger partial charge on any atom is 0.128 e. The van der Waals surface area contributed by atoms with Crippen LogP contribution < -0.4 is 4.90 Å². The smallest absolute Gasteiger partial charge is 0.128 e. The maximum absolute atomic E-state index is 12.1. The van der Waals surface area contributed by atoms with Crippen molar-refractivity contribution in [2.45, 2.75) is 43.7 Å². The van der Waals surface area contributed by atoms with Gasteiger partial charge in [0.1, 0.15) is 17.5 Å². The average Bonchev–Trinajstić information content (AvgIpc) is 3.30. The maximum atomic E-state index is 12.1. The third-order valence-electron chi connectivity index (χ3n) is 7.13. The highest BCUT2D eigenvalue weighted by Crippen LogP contribution is 2.47. The molecule has 1 aromatic heterocycles. The van der Waals surface area contributed by atoms with Gasteiger partial charge >= 0.3 is 0 Å². The number of hydrogen-bond acceptors (Lipinski definition) is 4. The Kier molecular flexibility index (Phi) is 4.81. The SMILES string of the molecule is C#CC1N2CCC(CC2)C1(O)c1ccc(N2CCCC2)nc1Cc1ccccc1. The molecule has 150 valence electrons. The van der Waals surface area contributed by atoms with E-state index in [0.717, 1.165) is 56.1 Å². The minimum Gasteiger partial charge on any atom is -0.382 e. The number of hydrogen-bond donors (Lipinski definition) is 1. The van der Waals surface area contributed by atoms with Crippen molar-refractivity contribution in [3.8, 4) is 12.3 Å². The standard InChI is InChI=1S/C25H29N3O/c1-2-23-25(29,20-12-16-27(23)17-13-20)21-10-11-24(28-14-6-7-15-28)26-22(21)18-19-8-4-3-5-9-19/h1,3-5,8-11,20,23,29H,6-7,12-18H2. The van der Waals surface area contributed by atoms with Gasteiger partial charge in [-0.2, -0.15) is 0 Å². The molecule has 0 spiro atoms. The zero-order valence-corrected chi connectivity index (χ0v) is 16.9. The van der Waals surface area contributed by atoms with Crippen molar-refractivity contribution in [2.24, 2.45) is 5.92 Å². The average molecular weight is 388 g/mol. The van der Waals surface area contributed by atoms with Crippen LogP contribution in [0.5, 0.6) is 0 Å². The topological polar surface area (TPSA) is 39.6 Å². The number of terminal acetylenes is 1. The van der Waals surface area contributed by atoms with Gasteiger partial charge in [-0.1, -0.05) is 42.3 Å². The molecule has 4 aliphatic heterocycles. The number of rotatable bonds is 4. The molecule has 5 heterocycles. The fraction of sp³-hybridized carbons (Fsp3) is 0.480. The number of aromatic nitrogens is 1. The molecule has 4 saturated heterocycles. The van der Waals surface area contributed by atoms with E-state index in [2.05, 4.69) is 52.1 Å². The molecule has 1 N–H and O–H groups in total. The number of fused-ring (bicyclic) bond motifs is 3. The van der Waals surface area contributed by atoms with Crippen molar-refractivity contribution in [3.05, 3.63) is 59.3 Å². The Hall–Kier alpha value is -2.35. The van der Waals surface area contributed by atoms with E-state index in [4.69, 9.17) is 11.4 Å². The van der Waals surface area contributed by atoms with Crippen LogP contribution in [0.4, 0.5) is 5.82 Å². The van der Waals surface area contributed by atoms with Gasteiger partial charge in [0.15, 0.2) is 0 Å². The summed E-state index contributed by atoms with van der Waals surface area (Å²) < 4.78 is 0. The molecule has 0 aliphatic carbocycles. The van der Waals surface area contributed by atoms with Gasteiger partial charge in [0.25, 0.3) is 0 Å². The first-order valence-corrected chi connectivity index (χ1v) is 10.9. The summed E-state index contributed by atoms with van der Waals surface area (Å²) >= 11 is 0. The molecule has 4 nitrogen and oxygen atoms in total. The lowest BCUT2D eigenvalue weighted by Gasteiger charge is -2.54. The van der Waals surface area contributed by atoms with E-state index >= 15 is 0 Å². The number of aliphatic hydroxyl groups is 1. The van der Waals surface area contributed by atoms with Gasteiger partial charge in [-0.3, -0.25) is 4.90 Å². The number of piperidine rings is 3. The highest BCUT2D eigenvalue weighted by Gasteiger charge is 2.54. The number of nitrogens with zero attached hydrogens (tertiary/aromatic N) is 3. The van der Waals surface area contributed by atoms with Crippen molar-refractivity contribution in [1.82, 2.24) is 9.88 Å². The summed E-state index contributed by atoms with van der Waals surface area (Å²) in [6, 6.07) is 14.4. The highest BCUT2D eigenvalue weighted by molar-refractivity contribution is 5.47. The minimum atomic E-state index is -1.02. The second-order valence-corrected chi connectivity index (χ2v) is 8.73. The van der Waals surface area contributed by atoms with E-state index in [9.17, 15) is 5.11 Å². The van der Waals surface area contributed by atoms with E-state index in [0.29, 0.717) is 6.42 Å². The first-order chi connectivity index (χ1) is 14.2. The van der Waals surface area contributed by atoms with Crippen LogP contribution in [0.2, 0.25) is 0 Å². The van der Waals surface area contributed by atoms with Gasteiger partial charge in [-0.05, 0) is 56.3 Å². The summed E-state index contributed by atoms with van der Waals surface area (Å²) in [4.78, 5) is 9.74. The third-order valence-corrected chi connectivity index (χ3v) is 7.13. The number of anilines is 1. The van der Waals surface area contributed by atoms with Crippen LogP contribution in [0.25, 0.3) is 0 Å². The zero-order chi connectivity index (χ0) is 19.8. The molecule has 2 aromatic rings. The normalized spacial score (nSPS) is 31.0. The van der Waals surface area contributed by atoms with E-state index in [1.54, 1.807) is 0 Å². The first kappa shape index (κ1) is 18.7. The molecule has 0 radical (unpaired) electrons. The van der Waals surface area contributed by atoms with Gasteiger partial charge in [-0.25, -0.2) is 4.98 Å². The molecular weight excluding hydrogens is 358 g/mol. The zero-order valence-electron chi connectivity index (χ0n) is 16.9. The van der Waals surface area contributed by atoms with Crippen molar-refractivity contribution in [3.63, 3.8) is 0 Å². The van der Waals surface area contributed by atoms with Gasteiger partial charge in [0, 0.05) is 25.1 Å². The van der Waals surface area contributed by atoms with Crippen LogP contribution >= 0.6 is 0 Å². The van der Waals surface area contributed by atoms with Crippen LogP contribution in [0, 0.1) is 18.3 Å². The van der Waals surface area contributed by atoms with Crippen LogP contribution in [-0.4, -0.2) is 47.2 Å². The molecule has 4 heteroatoms. The van der Waals surface area contributed by atoms with Gasteiger partial charge in [0.05, 0.1) is 5.69 Å². The summed E-state index contributed by atoms with van der Waals surface area (Å²) in [5.74, 6) is 4.15. The molecular formula is C25H29N3O. The molecule has 0 saturated carbocycles. The summed E-state index contributed by atoms with van der Waals surface area (Å²) in [6.07, 6.45) is 11.1. The molecule has 4 fully saturated rings. The fourth-order valence-electron chi connectivity index (χ4n) is 5.60. The van der Waals surface area contributed by atoms with Gasteiger partial charge in [-0.15, -0.1) is 6.42 Å². The predicted octanol–water partition coefficient (Wildman–Crippen LogP) is 3.19. The molecule has 2 bridgehead atoms. The Morgan fingerprint density at radius 3 is 2.45 bits per heavy atom. The lowest BCUT2D eigenvalue weighted by Crippen LogP contribution is -2.63. The van der Waals surface area contributed by atoms with Crippen LogP contribution in [-0.2, 0) is 12.0 Å². The van der Waals surface area contributed by atoms with E-state index in [1.807, 2.05) is 6.07 Å². The van der Waals surface area contributed by atoms with Crippen LogP contribution in [0.3, 0.4) is 0 Å². The quantitative estimate of drug-likeness (QED) is 0.818. The second kappa shape index (κ2) is 7.48. The molecule has 2 unspecified atom stereocenters. The Balaban J connectivity index is 1.60. The van der Waals surface area contributed by atoms with Gasteiger partial charge in [0.2, 0.25) is 0 Å². The van der Waals surface area contributed by atoms with Crippen LogP contribution in [0.15, 0.2) is 42.5 Å². The highest BCUT2D eigenvalue weighted by atomic mass is 16.3. The number of benzene rings is 1. The Morgan fingerprint density at radius 2 is 1.76 bits per heavy atom. The summed E-state index contributed by atoms with van der Waals surface area (Å²) in [5.41, 5.74) is 2.09. The predicted molar refractivity (Wildman–Crippen MR) is 116 cm³/mol. The second-order valence-electron chi connectivity index (χ2n) is 8.73. The molecule has 1 aromatic carbocycles. The van der Waals surface area contributed by atoms with E-state index in [-0.39, 0.29) is 12.0 Å². The lowest BCUT2D eigenvalue weighted by molar-refractivity contribution is -0.143. The van der Waals surface area contributed by atoms with Crippen LogP contribution in [0.1, 0.15) is 42.5 Å². The molecule has 2 atom stereocenters. The lowest BCUT2D eigenvalue weighted by atomic mass is 9.66. The van der Waals surface area contributed by atoms with Crippen molar-refractivity contribution in [2.75, 3.05) is 31.1 Å². The van der Waals surface area contributed by atoms with Crippen molar-refractivity contribution < 1.29 is 5.11 Å². The number of pyridine rings is 1. The van der Waals surface area contributed by atoms with Crippen molar-refractivity contribution in [1.29, 1.82) is 0 Å².